The Morgan fingerprint density at radius 2 is 1.78 bits per heavy atom. The molecule has 6 nitrogen and oxygen atoms in total. The van der Waals surface area contributed by atoms with Crippen molar-refractivity contribution in [3.8, 4) is 5.75 Å². The third-order valence-electron chi connectivity index (χ3n) is 2.48. The van der Waals surface area contributed by atoms with E-state index in [0.29, 0.717) is 5.75 Å². The highest BCUT2D eigenvalue weighted by Crippen LogP contribution is 2.21. The summed E-state index contributed by atoms with van der Waals surface area (Å²) in [5.74, 6) is -0.334. The van der Waals surface area contributed by atoms with Gasteiger partial charge in [-0.2, -0.15) is 0 Å². The zero-order valence-electron chi connectivity index (χ0n) is 9.99. The fraction of sp³-hybridized carbons (Fsp3) is 0.167. The molecular weight excluding hydrogens is 236 g/mol. The summed E-state index contributed by atoms with van der Waals surface area (Å²) in [6.45, 7) is 0. The molecular formula is C12H12N2O4. The lowest BCUT2D eigenvalue weighted by molar-refractivity contribution is 0.0586. The first kappa shape index (κ1) is 12.0. The lowest BCUT2D eigenvalue weighted by atomic mass is 10.4. The molecule has 0 aliphatic rings. The molecule has 0 amide bonds. The smallest absolute Gasteiger partial charge is 0.359 e. The quantitative estimate of drug-likeness (QED) is 0.757. The van der Waals surface area contributed by atoms with Gasteiger partial charge in [0.05, 0.1) is 14.2 Å². The Hall–Kier alpha value is -2.50. The van der Waals surface area contributed by atoms with Gasteiger partial charge in [0.15, 0.2) is 11.4 Å². The van der Waals surface area contributed by atoms with Crippen molar-refractivity contribution in [3.05, 3.63) is 42.5 Å². The van der Waals surface area contributed by atoms with E-state index >= 15 is 0 Å². The second kappa shape index (κ2) is 4.79. The summed E-state index contributed by atoms with van der Waals surface area (Å²) >= 11 is 0. The predicted molar refractivity (Wildman–Crippen MR) is 62.9 cm³/mol. The van der Waals surface area contributed by atoms with Crippen molar-refractivity contribution in [2.45, 2.75) is 0 Å². The fourth-order valence-electron chi connectivity index (χ4n) is 1.62. The van der Waals surface area contributed by atoms with Crippen LogP contribution < -0.4 is 4.74 Å². The van der Waals surface area contributed by atoms with Gasteiger partial charge in [0.2, 0.25) is 0 Å². The summed E-state index contributed by atoms with van der Waals surface area (Å²) in [5.41, 5.74) is 0.0682. The van der Waals surface area contributed by atoms with Crippen LogP contribution in [0.15, 0.2) is 36.8 Å². The van der Waals surface area contributed by atoms with Crippen molar-refractivity contribution in [1.82, 2.24) is 9.13 Å². The van der Waals surface area contributed by atoms with Crippen LogP contribution in [0.4, 0.5) is 4.79 Å². The molecule has 0 fully saturated rings. The first-order chi connectivity index (χ1) is 8.69. The van der Waals surface area contributed by atoms with E-state index in [9.17, 15) is 9.59 Å². The Kier molecular flexibility index (Phi) is 3.18. The number of methoxy groups -OCH3 is 2. The van der Waals surface area contributed by atoms with E-state index in [1.807, 2.05) is 0 Å². The molecule has 2 aromatic heterocycles. The van der Waals surface area contributed by atoms with Crippen LogP contribution in [0.5, 0.6) is 5.75 Å². The van der Waals surface area contributed by atoms with Crippen molar-refractivity contribution in [3.63, 3.8) is 0 Å². The number of rotatable bonds is 2. The topological polar surface area (TPSA) is 62.5 Å². The molecule has 94 valence electrons. The third-order valence-corrected chi connectivity index (χ3v) is 2.48. The highest BCUT2D eigenvalue weighted by molar-refractivity contribution is 5.96. The van der Waals surface area contributed by atoms with E-state index < -0.39 is 5.97 Å². The monoisotopic (exact) mass is 248 g/mol. The molecule has 0 unspecified atom stereocenters. The van der Waals surface area contributed by atoms with E-state index in [2.05, 4.69) is 4.74 Å². The molecule has 18 heavy (non-hydrogen) atoms. The van der Waals surface area contributed by atoms with Crippen LogP contribution >= 0.6 is 0 Å². The maximum absolute atomic E-state index is 12.1. The predicted octanol–water partition coefficient (Wildman–Crippen LogP) is 1.60. The first-order valence-corrected chi connectivity index (χ1v) is 5.20. The number of aromatic nitrogens is 2. The average molecular weight is 248 g/mol. The molecule has 0 aliphatic carbocycles. The van der Waals surface area contributed by atoms with Gasteiger partial charge in [0.25, 0.3) is 0 Å². The van der Waals surface area contributed by atoms with Crippen molar-refractivity contribution in [2.75, 3.05) is 14.2 Å². The molecule has 2 rings (SSSR count). The molecule has 0 radical (unpaired) electrons. The van der Waals surface area contributed by atoms with Crippen LogP contribution in [-0.2, 0) is 4.74 Å². The van der Waals surface area contributed by atoms with E-state index in [0.717, 1.165) is 0 Å². The number of esters is 1. The zero-order valence-corrected chi connectivity index (χ0v) is 9.99. The van der Waals surface area contributed by atoms with Crippen LogP contribution in [0.25, 0.3) is 0 Å². The van der Waals surface area contributed by atoms with Gasteiger partial charge in [-0.25, -0.2) is 9.59 Å². The molecule has 6 heteroatoms. The normalized spacial score (nSPS) is 10.1. The number of nitrogens with zero attached hydrogens (tertiary/aromatic N) is 2. The highest BCUT2D eigenvalue weighted by Gasteiger charge is 2.22. The minimum atomic E-state index is -0.627. The Morgan fingerprint density at radius 1 is 1.11 bits per heavy atom. The molecule has 0 bridgehead atoms. The van der Waals surface area contributed by atoms with Crippen LogP contribution in [0.1, 0.15) is 10.5 Å². The van der Waals surface area contributed by atoms with Crippen molar-refractivity contribution in [1.29, 1.82) is 0 Å². The van der Waals surface area contributed by atoms with E-state index in [-0.39, 0.29) is 11.7 Å². The molecule has 0 N–H and O–H groups in total. The summed E-state index contributed by atoms with van der Waals surface area (Å²) in [4.78, 5) is 23.8. The van der Waals surface area contributed by atoms with E-state index in [4.69, 9.17) is 4.74 Å². The maximum atomic E-state index is 12.1. The SMILES string of the molecule is COC(=O)c1c(OC)ccn1C(=O)n1cccc1. The second-order valence-corrected chi connectivity index (χ2v) is 3.47. The van der Waals surface area contributed by atoms with E-state index in [1.54, 1.807) is 24.5 Å². The van der Waals surface area contributed by atoms with Gasteiger partial charge in [0, 0.05) is 18.6 Å². The Morgan fingerprint density at radius 3 is 2.33 bits per heavy atom. The molecule has 2 heterocycles. The van der Waals surface area contributed by atoms with Crippen LogP contribution in [-0.4, -0.2) is 35.4 Å². The van der Waals surface area contributed by atoms with Gasteiger partial charge in [-0.05, 0) is 18.2 Å². The summed E-state index contributed by atoms with van der Waals surface area (Å²) in [6.07, 6.45) is 4.65. The standard InChI is InChI=1S/C12H12N2O4/c1-17-9-5-8-14(10(9)11(15)18-2)12(16)13-6-3-4-7-13/h3-8H,1-2H3. The Balaban J connectivity index is 2.48. The third kappa shape index (κ3) is 1.88. The molecule has 0 aliphatic heterocycles. The van der Waals surface area contributed by atoms with E-state index in [1.165, 1.54) is 35.6 Å². The van der Waals surface area contributed by atoms with Gasteiger partial charge in [-0.1, -0.05) is 0 Å². The summed E-state index contributed by atoms with van der Waals surface area (Å²) in [6, 6.07) is 4.59. The summed E-state index contributed by atoms with van der Waals surface area (Å²) in [5, 5.41) is 0. The van der Waals surface area contributed by atoms with Gasteiger partial charge in [-0.3, -0.25) is 9.13 Å². The first-order valence-electron chi connectivity index (χ1n) is 5.20. The minimum absolute atomic E-state index is 0.0682. The molecule has 0 spiro atoms. The number of ether oxygens (including phenoxy) is 2. The van der Waals surface area contributed by atoms with Gasteiger partial charge >= 0.3 is 12.0 Å². The lowest BCUT2D eigenvalue weighted by Crippen LogP contribution is -2.22. The lowest BCUT2D eigenvalue weighted by Gasteiger charge is -2.08. The van der Waals surface area contributed by atoms with Crippen LogP contribution in [0.3, 0.4) is 0 Å². The van der Waals surface area contributed by atoms with Crippen LogP contribution in [0, 0.1) is 0 Å². The van der Waals surface area contributed by atoms with Crippen molar-refractivity contribution >= 4 is 12.0 Å². The Bertz CT molecular complexity index is 569. The summed E-state index contributed by atoms with van der Waals surface area (Å²) in [7, 11) is 2.67. The summed E-state index contributed by atoms with van der Waals surface area (Å²) < 4.78 is 12.2. The molecule has 2 aromatic rings. The number of hydrogen-bond acceptors (Lipinski definition) is 4. The van der Waals surface area contributed by atoms with Crippen LogP contribution in [0.2, 0.25) is 0 Å². The molecule has 0 aromatic carbocycles. The number of carbonyl (C=O) groups excluding carboxylic acids is 2. The van der Waals surface area contributed by atoms with Gasteiger partial charge < -0.3 is 9.47 Å². The van der Waals surface area contributed by atoms with Gasteiger partial charge in [0.1, 0.15) is 0 Å². The molecule has 0 saturated carbocycles. The average Bonchev–Trinajstić information content (AvgIpc) is 3.05. The Labute approximate surface area is 103 Å². The number of carbonyl (C=O) groups is 2. The molecule has 0 atom stereocenters. The van der Waals surface area contributed by atoms with Crippen molar-refractivity contribution in [2.24, 2.45) is 0 Å². The fourth-order valence-corrected chi connectivity index (χ4v) is 1.62. The largest absolute Gasteiger partial charge is 0.494 e. The van der Waals surface area contributed by atoms with Crippen molar-refractivity contribution < 1.29 is 19.1 Å². The maximum Gasteiger partial charge on any atom is 0.359 e. The highest BCUT2D eigenvalue weighted by atomic mass is 16.5. The van der Waals surface area contributed by atoms with Gasteiger partial charge in [-0.15, -0.1) is 0 Å². The number of hydrogen-bond donors (Lipinski definition) is 0. The minimum Gasteiger partial charge on any atom is -0.494 e. The zero-order chi connectivity index (χ0) is 13.1. The molecule has 0 saturated heterocycles. The second-order valence-electron chi connectivity index (χ2n) is 3.47.